The van der Waals surface area contributed by atoms with Crippen molar-refractivity contribution in [2.24, 2.45) is 0 Å². The number of aromatic nitrogens is 1. The summed E-state index contributed by atoms with van der Waals surface area (Å²) in [6.45, 7) is 1.92. The molecule has 0 radical (unpaired) electrons. The van der Waals surface area contributed by atoms with Crippen LogP contribution in [0.4, 0.5) is 5.13 Å². The number of hydrogen-bond acceptors (Lipinski definition) is 5. The normalized spacial score (nSPS) is 11.6. The number of halogens is 1. The lowest BCUT2D eigenvalue weighted by atomic mass is 10.2. The molecule has 1 aromatic rings. The van der Waals surface area contributed by atoms with Gasteiger partial charge in [0.25, 0.3) is 0 Å². The lowest BCUT2D eigenvalue weighted by molar-refractivity contribution is 0.0606. The fraction of sp³-hybridized carbons (Fsp3) is 0.400. The van der Waals surface area contributed by atoms with E-state index in [-0.39, 0.29) is 11.2 Å². The van der Waals surface area contributed by atoms with Gasteiger partial charge in [0, 0.05) is 12.5 Å². The summed E-state index contributed by atoms with van der Waals surface area (Å²) in [4.78, 5) is 15.6. The molecule has 1 unspecified atom stereocenters. The van der Waals surface area contributed by atoms with Crippen LogP contribution in [0, 0.1) is 12.3 Å². The molecule has 0 aromatic carbocycles. The number of carbonyl (C=O) groups excluding carboxylic acids is 1. The first-order valence-corrected chi connectivity index (χ1v) is 5.72. The minimum atomic E-state index is -0.486. The zero-order valence-corrected chi connectivity index (χ0v) is 10.5. The first-order valence-electron chi connectivity index (χ1n) is 4.53. The van der Waals surface area contributed by atoms with Gasteiger partial charge in [-0.2, -0.15) is 0 Å². The van der Waals surface area contributed by atoms with Gasteiger partial charge in [-0.05, 0) is 6.92 Å². The predicted octanol–water partition coefficient (Wildman–Crippen LogP) is 2.41. The molecular weight excluding hydrogens is 248 g/mol. The highest BCUT2D eigenvalue weighted by atomic mass is 35.5. The van der Waals surface area contributed by atoms with Gasteiger partial charge in [-0.1, -0.05) is 22.9 Å². The zero-order valence-electron chi connectivity index (χ0n) is 8.91. The van der Waals surface area contributed by atoms with Gasteiger partial charge in [0.2, 0.25) is 0 Å². The Bertz CT molecular complexity index is 425. The van der Waals surface area contributed by atoms with Crippen LogP contribution in [-0.4, -0.2) is 24.1 Å². The van der Waals surface area contributed by atoms with Crippen molar-refractivity contribution < 1.29 is 9.53 Å². The summed E-state index contributed by atoms with van der Waals surface area (Å²) in [5.74, 6) is 2.05. The first-order chi connectivity index (χ1) is 7.58. The van der Waals surface area contributed by atoms with Crippen molar-refractivity contribution >= 4 is 34.0 Å². The third kappa shape index (κ3) is 3.12. The second kappa shape index (κ2) is 5.73. The van der Waals surface area contributed by atoms with Crippen molar-refractivity contribution in [1.82, 2.24) is 4.98 Å². The van der Waals surface area contributed by atoms with E-state index in [2.05, 4.69) is 21.0 Å². The number of ether oxygens (including phenoxy) is 1. The number of anilines is 1. The van der Waals surface area contributed by atoms with Crippen LogP contribution in [0.15, 0.2) is 0 Å². The fourth-order valence-electron chi connectivity index (χ4n) is 1.02. The van der Waals surface area contributed by atoms with E-state index in [1.54, 1.807) is 0 Å². The molecule has 4 nitrogen and oxygen atoms in total. The molecule has 1 atom stereocenters. The van der Waals surface area contributed by atoms with E-state index in [4.69, 9.17) is 18.0 Å². The van der Waals surface area contributed by atoms with Crippen molar-refractivity contribution in [3.05, 3.63) is 10.0 Å². The van der Waals surface area contributed by atoms with Gasteiger partial charge in [0.1, 0.15) is 0 Å². The maximum absolute atomic E-state index is 11.3. The molecule has 0 aliphatic heterocycles. The number of terminal acetylenes is 1. The molecule has 86 valence electrons. The van der Waals surface area contributed by atoms with Crippen molar-refractivity contribution in [2.45, 2.75) is 19.4 Å². The molecule has 1 heterocycles. The highest BCUT2D eigenvalue weighted by molar-refractivity contribution is 7.18. The van der Waals surface area contributed by atoms with Crippen molar-refractivity contribution in [3.8, 4) is 12.3 Å². The monoisotopic (exact) mass is 258 g/mol. The molecule has 0 saturated carbocycles. The molecule has 1 rings (SSSR count). The van der Waals surface area contributed by atoms with E-state index < -0.39 is 5.97 Å². The Balaban J connectivity index is 2.77. The molecule has 0 fully saturated rings. The van der Waals surface area contributed by atoms with Gasteiger partial charge in [0.05, 0.1) is 7.11 Å². The number of nitrogens with one attached hydrogen (secondary N) is 1. The summed E-state index contributed by atoms with van der Waals surface area (Å²) < 4.78 is 4.57. The smallest absolute Gasteiger partial charge is 0.351 e. The zero-order chi connectivity index (χ0) is 12.1. The molecule has 1 N–H and O–H groups in total. The van der Waals surface area contributed by atoms with E-state index in [9.17, 15) is 4.79 Å². The van der Waals surface area contributed by atoms with E-state index in [0.717, 1.165) is 11.3 Å². The highest BCUT2D eigenvalue weighted by Gasteiger charge is 2.17. The number of carbonyl (C=O) groups is 1. The number of hydrogen-bond donors (Lipinski definition) is 1. The topological polar surface area (TPSA) is 51.2 Å². The SMILES string of the molecule is C#CCC(C)Nc1nc(Cl)c(C(=O)OC)s1. The molecule has 16 heavy (non-hydrogen) atoms. The Hall–Kier alpha value is -1.25. The molecule has 0 aliphatic carbocycles. The molecule has 0 amide bonds. The second-order valence-electron chi connectivity index (χ2n) is 3.08. The summed E-state index contributed by atoms with van der Waals surface area (Å²) in [6, 6.07) is 0.0812. The summed E-state index contributed by atoms with van der Waals surface area (Å²) >= 11 is 6.95. The third-order valence-electron chi connectivity index (χ3n) is 1.75. The van der Waals surface area contributed by atoms with Gasteiger partial charge in [0.15, 0.2) is 15.2 Å². The van der Waals surface area contributed by atoms with Gasteiger partial charge in [-0.3, -0.25) is 0 Å². The number of esters is 1. The number of rotatable bonds is 4. The van der Waals surface area contributed by atoms with E-state index in [0.29, 0.717) is 16.4 Å². The largest absolute Gasteiger partial charge is 0.465 e. The summed E-state index contributed by atoms with van der Waals surface area (Å²) in [6.07, 6.45) is 5.75. The lowest BCUT2D eigenvalue weighted by Crippen LogP contribution is -2.13. The summed E-state index contributed by atoms with van der Waals surface area (Å²) in [7, 11) is 1.30. The van der Waals surface area contributed by atoms with E-state index >= 15 is 0 Å². The van der Waals surface area contributed by atoms with Crippen LogP contribution in [0.5, 0.6) is 0 Å². The maximum atomic E-state index is 11.3. The van der Waals surface area contributed by atoms with E-state index in [1.807, 2.05) is 6.92 Å². The highest BCUT2D eigenvalue weighted by Crippen LogP contribution is 2.28. The summed E-state index contributed by atoms with van der Waals surface area (Å²) in [5.41, 5.74) is 0. The average Bonchev–Trinajstić information content (AvgIpc) is 2.58. The second-order valence-corrected chi connectivity index (χ2v) is 4.44. The number of thiazole rings is 1. The minimum absolute atomic E-state index is 0.0812. The fourth-order valence-corrected chi connectivity index (χ4v) is 2.23. The average molecular weight is 259 g/mol. The van der Waals surface area contributed by atoms with Crippen LogP contribution in [0.2, 0.25) is 5.15 Å². The lowest BCUT2D eigenvalue weighted by Gasteiger charge is -2.07. The van der Waals surface area contributed by atoms with Crippen molar-refractivity contribution in [2.75, 3.05) is 12.4 Å². The van der Waals surface area contributed by atoms with E-state index in [1.165, 1.54) is 7.11 Å². The minimum Gasteiger partial charge on any atom is -0.465 e. The molecule has 1 aromatic heterocycles. The van der Waals surface area contributed by atoms with Crippen molar-refractivity contribution in [3.63, 3.8) is 0 Å². The molecular formula is C10H11ClN2O2S. The Labute approximate surface area is 103 Å². The predicted molar refractivity (Wildman–Crippen MR) is 65.0 cm³/mol. The van der Waals surface area contributed by atoms with Crippen molar-refractivity contribution in [1.29, 1.82) is 0 Å². The maximum Gasteiger partial charge on any atom is 0.351 e. The number of nitrogens with zero attached hydrogens (tertiary/aromatic N) is 1. The molecule has 6 heteroatoms. The summed E-state index contributed by atoms with van der Waals surface area (Å²) in [5, 5.41) is 3.76. The number of methoxy groups -OCH3 is 1. The molecule has 0 saturated heterocycles. The van der Waals surface area contributed by atoms with Crippen LogP contribution in [0.3, 0.4) is 0 Å². The quantitative estimate of drug-likeness (QED) is 0.666. The third-order valence-corrected chi connectivity index (χ3v) is 3.10. The van der Waals surface area contributed by atoms with Crippen LogP contribution in [-0.2, 0) is 4.74 Å². The van der Waals surface area contributed by atoms with Gasteiger partial charge < -0.3 is 10.1 Å². The standard InChI is InChI=1S/C10H11ClN2O2S/c1-4-5-6(2)12-10-13-8(11)7(16-10)9(14)15-3/h1,6H,5H2,2-3H3,(H,12,13). The first kappa shape index (κ1) is 12.8. The van der Waals surface area contributed by atoms with Gasteiger partial charge in [-0.15, -0.1) is 12.3 Å². The van der Waals surface area contributed by atoms with Crippen LogP contribution < -0.4 is 5.32 Å². The van der Waals surface area contributed by atoms with Gasteiger partial charge in [-0.25, -0.2) is 9.78 Å². The molecule has 0 spiro atoms. The molecule has 0 aliphatic rings. The van der Waals surface area contributed by atoms with Gasteiger partial charge >= 0.3 is 5.97 Å². The molecule has 0 bridgehead atoms. The Morgan fingerprint density at radius 1 is 1.81 bits per heavy atom. The van der Waals surface area contributed by atoms with Crippen LogP contribution in [0.1, 0.15) is 23.0 Å². The Morgan fingerprint density at radius 2 is 2.50 bits per heavy atom. The van der Waals surface area contributed by atoms with Crippen LogP contribution >= 0.6 is 22.9 Å². The Morgan fingerprint density at radius 3 is 3.06 bits per heavy atom. The Kier molecular flexibility index (Phi) is 4.59. The van der Waals surface area contributed by atoms with Crippen LogP contribution in [0.25, 0.3) is 0 Å².